The zero-order chi connectivity index (χ0) is 10.4. The number of aromatic hydroxyl groups is 1. The summed E-state index contributed by atoms with van der Waals surface area (Å²) in [6, 6.07) is 7.80. The van der Waals surface area contributed by atoms with Gasteiger partial charge in [-0.1, -0.05) is 12.1 Å². The Balaban J connectivity index is 0.00000196. The van der Waals surface area contributed by atoms with E-state index in [1.807, 2.05) is 12.1 Å². The van der Waals surface area contributed by atoms with Gasteiger partial charge in [-0.15, -0.1) is 6.42 Å². The number of rotatable bonds is 4. The molecule has 0 saturated carbocycles. The quantitative estimate of drug-likeness (QED) is 0.548. The maximum Gasteiger partial charge on any atom is 0.137 e. The summed E-state index contributed by atoms with van der Waals surface area (Å²) < 4.78 is 0. The summed E-state index contributed by atoms with van der Waals surface area (Å²) in [4.78, 5) is 0. The van der Waals surface area contributed by atoms with Crippen molar-refractivity contribution >= 4 is 0 Å². The van der Waals surface area contributed by atoms with Crippen molar-refractivity contribution < 1.29 is 22.8 Å². The number of phenols is 1. The van der Waals surface area contributed by atoms with E-state index in [2.05, 4.69) is 18.2 Å². The molecule has 1 atom stereocenters. The fourth-order valence-corrected chi connectivity index (χ4v) is 1.41. The van der Waals surface area contributed by atoms with Crippen molar-refractivity contribution in [3.63, 3.8) is 0 Å². The third-order valence-corrected chi connectivity index (χ3v) is 2.11. The average Bonchev–Trinajstić information content (AvgIpc) is 2.15. The molecule has 0 aliphatic carbocycles. The normalized spacial score (nSPS) is 11.2. The molecule has 0 aliphatic heterocycles. The van der Waals surface area contributed by atoms with Crippen molar-refractivity contribution in [2.45, 2.75) is 19.4 Å². The monoisotopic (exact) mass is 225 g/mol. The minimum Gasteiger partial charge on any atom is -1.00 e. The molecule has 0 aromatic heterocycles. The topological polar surface area (TPSA) is 36.8 Å². The van der Waals surface area contributed by atoms with Crippen LogP contribution in [0.4, 0.5) is 0 Å². The average molecular weight is 226 g/mol. The van der Waals surface area contributed by atoms with Crippen LogP contribution in [0.15, 0.2) is 24.3 Å². The number of hydrogen-bond donors (Lipinski definition) is 2. The Hall–Kier alpha value is -1.17. The molecule has 0 aliphatic rings. The molecule has 0 amide bonds. The molecule has 1 rings (SSSR count). The molecule has 82 valence electrons. The zero-order valence-corrected chi connectivity index (χ0v) is 9.54. The van der Waals surface area contributed by atoms with Gasteiger partial charge < -0.3 is 22.8 Å². The summed E-state index contributed by atoms with van der Waals surface area (Å²) in [5.41, 5.74) is 1.14. The van der Waals surface area contributed by atoms with Crippen molar-refractivity contribution in [3.05, 3.63) is 29.8 Å². The van der Waals surface area contributed by atoms with Crippen molar-refractivity contribution in [3.8, 4) is 18.1 Å². The van der Waals surface area contributed by atoms with E-state index in [0.717, 1.165) is 12.0 Å². The third kappa shape index (κ3) is 5.31. The molecule has 0 bridgehead atoms. The van der Waals surface area contributed by atoms with Gasteiger partial charge in [-0.05, 0) is 30.5 Å². The van der Waals surface area contributed by atoms with E-state index in [-0.39, 0.29) is 12.4 Å². The van der Waals surface area contributed by atoms with Gasteiger partial charge in [-0.3, -0.25) is 0 Å². The van der Waals surface area contributed by atoms with E-state index in [4.69, 9.17) is 6.42 Å². The van der Waals surface area contributed by atoms with Crippen molar-refractivity contribution in [2.24, 2.45) is 0 Å². The lowest BCUT2D eigenvalue weighted by Gasteiger charge is -2.08. The highest BCUT2D eigenvalue weighted by Crippen LogP contribution is 2.11. The lowest BCUT2D eigenvalue weighted by Crippen LogP contribution is -3.00. The summed E-state index contributed by atoms with van der Waals surface area (Å²) in [5.74, 6) is 2.92. The molecule has 3 heteroatoms. The summed E-state index contributed by atoms with van der Waals surface area (Å²) in [5, 5.41) is 11.4. The smallest absolute Gasteiger partial charge is 0.137 e. The fourth-order valence-electron chi connectivity index (χ4n) is 1.41. The maximum absolute atomic E-state index is 9.26. The van der Waals surface area contributed by atoms with Crippen LogP contribution in [0, 0.1) is 12.3 Å². The molecule has 0 spiro atoms. The van der Waals surface area contributed by atoms with E-state index >= 15 is 0 Å². The second kappa shape index (κ2) is 7.17. The third-order valence-electron chi connectivity index (χ3n) is 2.11. The number of halogens is 1. The van der Waals surface area contributed by atoms with Gasteiger partial charge in [0.2, 0.25) is 0 Å². The van der Waals surface area contributed by atoms with Gasteiger partial charge in [0.05, 0.1) is 6.04 Å². The summed E-state index contributed by atoms with van der Waals surface area (Å²) >= 11 is 0. The predicted octanol–water partition coefficient (Wildman–Crippen LogP) is -2.48. The summed E-state index contributed by atoms with van der Waals surface area (Å²) in [7, 11) is 0. The lowest BCUT2D eigenvalue weighted by molar-refractivity contribution is -0.675. The Morgan fingerprint density at radius 1 is 1.53 bits per heavy atom. The maximum atomic E-state index is 9.26. The number of nitrogens with two attached hydrogens (primary N) is 1. The highest BCUT2D eigenvalue weighted by Gasteiger charge is 2.05. The van der Waals surface area contributed by atoms with Gasteiger partial charge in [0.1, 0.15) is 12.3 Å². The Morgan fingerprint density at radius 3 is 2.87 bits per heavy atom. The number of terminal acetylenes is 1. The molecular formula is C12H16ClNO. The van der Waals surface area contributed by atoms with E-state index in [1.165, 1.54) is 0 Å². The molecular weight excluding hydrogens is 210 g/mol. The molecule has 0 radical (unpaired) electrons. The number of phenolic OH excluding ortho intramolecular Hbond substituents is 1. The summed E-state index contributed by atoms with van der Waals surface area (Å²) in [6.45, 7) is 2.83. The van der Waals surface area contributed by atoms with Gasteiger partial charge in [-0.2, -0.15) is 0 Å². The number of quaternary nitrogens is 1. The second-order valence-electron chi connectivity index (χ2n) is 3.50. The lowest BCUT2D eigenvalue weighted by atomic mass is 10.1. The van der Waals surface area contributed by atoms with Gasteiger partial charge >= 0.3 is 0 Å². The van der Waals surface area contributed by atoms with Crippen molar-refractivity contribution in [1.82, 2.24) is 0 Å². The van der Waals surface area contributed by atoms with Gasteiger partial charge in [-0.25, -0.2) is 0 Å². The van der Waals surface area contributed by atoms with E-state index < -0.39 is 0 Å². The van der Waals surface area contributed by atoms with Crippen LogP contribution in [0.25, 0.3) is 0 Å². The van der Waals surface area contributed by atoms with Gasteiger partial charge in [0, 0.05) is 6.42 Å². The predicted molar refractivity (Wildman–Crippen MR) is 56.9 cm³/mol. The first-order chi connectivity index (χ1) is 6.72. The molecule has 1 aromatic carbocycles. The summed E-state index contributed by atoms with van der Waals surface area (Å²) in [6.07, 6.45) is 6.10. The largest absolute Gasteiger partial charge is 1.00 e. The Kier molecular flexibility index (Phi) is 6.61. The van der Waals surface area contributed by atoms with Crippen LogP contribution in [-0.4, -0.2) is 17.7 Å². The van der Waals surface area contributed by atoms with Crippen LogP contribution in [0.3, 0.4) is 0 Å². The van der Waals surface area contributed by atoms with Crippen LogP contribution in [0.1, 0.15) is 12.5 Å². The molecule has 1 unspecified atom stereocenters. The van der Waals surface area contributed by atoms with E-state index in [9.17, 15) is 5.11 Å². The zero-order valence-electron chi connectivity index (χ0n) is 8.78. The molecule has 0 heterocycles. The molecule has 0 fully saturated rings. The molecule has 2 nitrogen and oxygen atoms in total. The van der Waals surface area contributed by atoms with Crippen LogP contribution >= 0.6 is 0 Å². The van der Waals surface area contributed by atoms with Gasteiger partial charge in [0.25, 0.3) is 0 Å². The Morgan fingerprint density at radius 2 is 2.27 bits per heavy atom. The molecule has 1 aromatic rings. The first-order valence-corrected chi connectivity index (χ1v) is 4.77. The van der Waals surface area contributed by atoms with Crippen LogP contribution in [-0.2, 0) is 6.42 Å². The molecule has 0 saturated heterocycles. The van der Waals surface area contributed by atoms with Crippen molar-refractivity contribution in [1.29, 1.82) is 0 Å². The van der Waals surface area contributed by atoms with E-state index in [0.29, 0.717) is 18.3 Å². The number of hydrogen-bond acceptors (Lipinski definition) is 1. The SMILES string of the molecule is C#CC[NH2+]C(C)Cc1cccc(O)c1.[Cl-]. The fraction of sp³-hybridized carbons (Fsp3) is 0.333. The Labute approximate surface area is 97.1 Å². The number of benzene rings is 1. The van der Waals surface area contributed by atoms with Gasteiger partial charge in [0.15, 0.2) is 0 Å². The standard InChI is InChI=1S/C12H15NO.ClH/c1-3-7-13-10(2)8-11-5-4-6-12(14)9-11;/h1,4-6,9-10,13-14H,7-8H2,2H3;1H. The van der Waals surface area contributed by atoms with Crippen molar-refractivity contribution in [2.75, 3.05) is 6.54 Å². The van der Waals surface area contributed by atoms with Crippen LogP contribution < -0.4 is 17.7 Å². The molecule has 3 N–H and O–H groups in total. The Bertz CT molecular complexity index is 333. The van der Waals surface area contributed by atoms with E-state index in [1.54, 1.807) is 12.1 Å². The van der Waals surface area contributed by atoms with Crippen LogP contribution in [0.5, 0.6) is 5.75 Å². The first kappa shape index (κ1) is 13.8. The minimum atomic E-state index is 0. The first-order valence-electron chi connectivity index (χ1n) is 4.77. The second-order valence-corrected chi connectivity index (χ2v) is 3.50. The van der Waals surface area contributed by atoms with Crippen LogP contribution in [0.2, 0.25) is 0 Å². The molecule has 15 heavy (non-hydrogen) atoms. The highest BCUT2D eigenvalue weighted by atomic mass is 35.5. The minimum absolute atomic E-state index is 0. The highest BCUT2D eigenvalue weighted by molar-refractivity contribution is 5.27.